The van der Waals surface area contributed by atoms with Crippen LogP contribution in [0.2, 0.25) is 0 Å². The standard InChI is InChI=1S/C34H43N9O/c1-20(43-27(17-35)15-26-16-30(26)43)18-40-33(3,4)19-34(32(36)41-42-37)28-11-9-22(21(2)38-5)13-23(28)7-8-24-14-25(31(44)39-6)10-12-29(24)34/h9-14,26-27,30,38,40H,1-2,7-8,15-16,18-19H2,3-6H3,(H,39,44)(H3,36,37,41)/t26-,27?,30+,34?/m1/s1. The van der Waals surface area contributed by atoms with Gasteiger partial charge in [0, 0.05) is 49.2 Å². The Labute approximate surface area is 260 Å². The van der Waals surface area contributed by atoms with Crippen molar-refractivity contribution in [2.45, 2.75) is 69.0 Å². The second kappa shape index (κ2) is 11.9. The number of carbonyl (C=O) groups is 1. The molecule has 1 aliphatic heterocycles. The van der Waals surface area contributed by atoms with E-state index in [-0.39, 0.29) is 17.8 Å². The van der Waals surface area contributed by atoms with Crippen molar-refractivity contribution < 1.29 is 4.79 Å². The molecule has 2 unspecified atom stereocenters. The van der Waals surface area contributed by atoms with E-state index in [4.69, 9.17) is 11.3 Å². The van der Waals surface area contributed by atoms with Crippen LogP contribution < -0.4 is 21.7 Å². The van der Waals surface area contributed by atoms with Crippen LogP contribution in [0.3, 0.4) is 0 Å². The van der Waals surface area contributed by atoms with E-state index in [1.54, 1.807) is 7.05 Å². The summed E-state index contributed by atoms with van der Waals surface area (Å²) >= 11 is 0. The summed E-state index contributed by atoms with van der Waals surface area (Å²) in [5.41, 5.74) is 20.3. The van der Waals surface area contributed by atoms with Gasteiger partial charge in [-0.3, -0.25) is 4.79 Å². The van der Waals surface area contributed by atoms with E-state index in [2.05, 4.69) is 76.4 Å². The number of fused-ring (bicyclic) bond motifs is 3. The summed E-state index contributed by atoms with van der Waals surface area (Å²) in [6.45, 7) is 13.3. The average molecular weight is 594 g/mol. The number of nitrogens with zero attached hydrogens (tertiary/aromatic N) is 4. The fourth-order valence-corrected chi connectivity index (χ4v) is 7.35. The molecule has 1 heterocycles. The largest absolute Gasteiger partial charge is 0.388 e. The van der Waals surface area contributed by atoms with Crippen LogP contribution in [0.25, 0.3) is 5.70 Å². The van der Waals surface area contributed by atoms with Gasteiger partial charge < -0.3 is 26.6 Å². The first-order valence-electron chi connectivity index (χ1n) is 15.2. The molecule has 5 rings (SSSR count). The summed E-state index contributed by atoms with van der Waals surface area (Å²) in [4.78, 5) is 14.9. The van der Waals surface area contributed by atoms with Crippen molar-refractivity contribution in [3.63, 3.8) is 0 Å². The number of nitriles is 1. The molecule has 230 valence electrons. The number of amidine groups is 1. The number of carbonyl (C=O) groups excluding carboxylic acids is 1. The fourth-order valence-electron chi connectivity index (χ4n) is 7.35. The normalized spacial score (nSPS) is 23.8. The minimum absolute atomic E-state index is 0.124. The number of likely N-dealkylation sites (tertiary alicyclic amines) is 1. The van der Waals surface area contributed by atoms with Crippen LogP contribution in [0.5, 0.6) is 0 Å². The Hall–Kier alpha value is -4.49. The van der Waals surface area contributed by atoms with Gasteiger partial charge in [0.2, 0.25) is 0 Å². The summed E-state index contributed by atoms with van der Waals surface area (Å²) in [7, 11) is 3.47. The number of hydrogen-bond acceptors (Lipinski definition) is 7. The zero-order valence-corrected chi connectivity index (χ0v) is 26.1. The van der Waals surface area contributed by atoms with E-state index in [0.29, 0.717) is 36.9 Å². The minimum Gasteiger partial charge on any atom is -0.388 e. The van der Waals surface area contributed by atoms with Crippen LogP contribution in [0, 0.1) is 22.8 Å². The van der Waals surface area contributed by atoms with Gasteiger partial charge in [-0.05, 0) is 97.9 Å². The molecule has 1 amide bonds. The second-order valence-electron chi connectivity index (χ2n) is 12.9. The van der Waals surface area contributed by atoms with E-state index in [0.717, 1.165) is 58.5 Å². The van der Waals surface area contributed by atoms with Gasteiger partial charge in [-0.2, -0.15) is 10.8 Å². The molecule has 10 nitrogen and oxygen atoms in total. The van der Waals surface area contributed by atoms with Gasteiger partial charge in [0.1, 0.15) is 11.9 Å². The van der Waals surface area contributed by atoms with Crippen LogP contribution in [0.4, 0.5) is 0 Å². The Morgan fingerprint density at radius 1 is 1.11 bits per heavy atom. The van der Waals surface area contributed by atoms with E-state index < -0.39 is 11.0 Å². The quantitative estimate of drug-likeness (QED) is 0.114. The molecule has 44 heavy (non-hydrogen) atoms. The van der Waals surface area contributed by atoms with Crippen LogP contribution in [0.1, 0.15) is 71.3 Å². The molecular formula is C34H43N9O. The number of hydrogen-bond donors (Lipinski definition) is 5. The Morgan fingerprint density at radius 3 is 2.34 bits per heavy atom. The van der Waals surface area contributed by atoms with Crippen molar-refractivity contribution in [3.05, 3.63) is 88.6 Å². The number of nitrogens with one attached hydrogen (secondary N) is 4. The number of rotatable bonds is 11. The third-order valence-corrected chi connectivity index (χ3v) is 9.62. The van der Waals surface area contributed by atoms with Gasteiger partial charge >= 0.3 is 0 Å². The number of nitrogens with two attached hydrogens (primary N) is 1. The van der Waals surface area contributed by atoms with Crippen molar-refractivity contribution in [2.24, 2.45) is 22.0 Å². The maximum absolute atomic E-state index is 12.7. The van der Waals surface area contributed by atoms with Crippen molar-refractivity contribution >= 4 is 17.4 Å². The smallest absolute Gasteiger partial charge is 0.251 e. The molecule has 4 atom stereocenters. The highest BCUT2D eigenvalue weighted by atomic mass is 16.1. The summed E-state index contributed by atoms with van der Waals surface area (Å²) in [6.07, 6.45) is 3.92. The maximum atomic E-state index is 12.7. The predicted octanol–water partition coefficient (Wildman–Crippen LogP) is 4.18. The zero-order valence-electron chi connectivity index (χ0n) is 26.1. The molecule has 2 aliphatic carbocycles. The van der Waals surface area contributed by atoms with Crippen molar-refractivity contribution in [2.75, 3.05) is 20.6 Å². The predicted molar refractivity (Wildman–Crippen MR) is 173 cm³/mol. The Morgan fingerprint density at radius 2 is 1.75 bits per heavy atom. The zero-order chi connectivity index (χ0) is 31.8. The fraction of sp³-hybridized carbons (Fsp3) is 0.441. The molecule has 6 N–H and O–H groups in total. The van der Waals surface area contributed by atoms with Gasteiger partial charge in [0.15, 0.2) is 0 Å². The van der Waals surface area contributed by atoms with E-state index in [1.807, 2.05) is 31.3 Å². The highest BCUT2D eigenvalue weighted by molar-refractivity contribution is 5.98. The lowest BCUT2D eigenvalue weighted by Crippen LogP contribution is -2.53. The lowest BCUT2D eigenvalue weighted by Gasteiger charge is -2.42. The molecule has 2 fully saturated rings. The first kappa shape index (κ1) is 31.0. The van der Waals surface area contributed by atoms with Gasteiger partial charge in [-0.25, -0.2) is 0 Å². The molecule has 1 saturated carbocycles. The third kappa shape index (κ3) is 5.48. The number of amides is 1. The van der Waals surface area contributed by atoms with Gasteiger partial charge in [-0.1, -0.05) is 36.6 Å². The van der Waals surface area contributed by atoms with E-state index in [9.17, 15) is 10.1 Å². The van der Waals surface area contributed by atoms with Crippen LogP contribution in [0.15, 0.2) is 65.6 Å². The van der Waals surface area contributed by atoms with Crippen molar-refractivity contribution in [1.29, 1.82) is 10.8 Å². The summed E-state index contributed by atoms with van der Waals surface area (Å²) in [5.74, 6) is 0.648. The molecule has 0 spiro atoms. The monoisotopic (exact) mass is 593 g/mol. The molecule has 10 heteroatoms. The Bertz CT molecular complexity index is 1520. The second-order valence-corrected chi connectivity index (χ2v) is 12.9. The van der Waals surface area contributed by atoms with Crippen LogP contribution >= 0.6 is 0 Å². The number of piperidine rings is 1. The van der Waals surface area contributed by atoms with Crippen LogP contribution in [-0.2, 0) is 18.3 Å². The summed E-state index contributed by atoms with van der Waals surface area (Å²) in [5, 5.41) is 26.9. The Kier molecular flexibility index (Phi) is 8.36. The molecule has 0 radical (unpaired) electrons. The topological polar surface area (TPSA) is 155 Å². The molecule has 3 aliphatic rings. The van der Waals surface area contributed by atoms with Gasteiger partial charge in [0.25, 0.3) is 5.91 Å². The third-order valence-electron chi connectivity index (χ3n) is 9.62. The lowest BCUT2D eigenvalue weighted by molar-refractivity contribution is 0.0963. The van der Waals surface area contributed by atoms with Gasteiger partial charge in [0.05, 0.1) is 11.5 Å². The highest BCUT2D eigenvalue weighted by Gasteiger charge is 2.53. The SMILES string of the molecule is C=C(NC)c1ccc2c(c1)CCc1cc(C(=O)NC)ccc1C2(CC(C)(C)NCC(=C)N1C(C#N)C[C@@H]2C[C@@H]21)/C(N)=N/N=N. The molecule has 1 saturated heterocycles. The summed E-state index contributed by atoms with van der Waals surface area (Å²) < 4.78 is 0. The average Bonchev–Trinajstić information content (AvgIpc) is 3.71. The van der Waals surface area contributed by atoms with Crippen molar-refractivity contribution in [3.8, 4) is 6.07 Å². The maximum Gasteiger partial charge on any atom is 0.251 e. The molecule has 0 aromatic heterocycles. The lowest BCUT2D eigenvalue weighted by atomic mass is 9.65. The number of benzene rings is 2. The molecule has 2 aromatic carbocycles. The molecular weight excluding hydrogens is 550 g/mol. The first-order chi connectivity index (χ1) is 21.0. The van der Waals surface area contributed by atoms with Gasteiger partial charge in [-0.15, -0.1) is 5.10 Å². The molecule has 2 aromatic rings. The summed E-state index contributed by atoms with van der Waals surface area (Å²) in [6, 6.07) is 14.8. The Balaban J connectivity index is 1.60. The minimum atomic E-state index is -0.964. The van der Waals surface area contributed by atoms with Crippen LogP contribution in [-0.4, -0.2) is 54.9 Å². The highest BCUT2D eigenvalue weighted by Crippen LogP contribution is 2.49. The van der Waals surface area contributed by atoms with E-state index in [1.165, 1.54) is 0 Å². The number of aryl methyl sites for hydroxylation is 2. The van der Waals surface area contributed by atoms with E-state index >= 15 is 0 Å². The van der Waals surface area contributed by atoms with Crippen molar-refractivity contribution in [1.82, 2.24) is 20.9 Å². The first-order valence-corrected chi connectivity index (χ1v) is 15.2. The molecule has 0 bridgehead atoms.